The summed E-state index contributed by atoms with van der Waals surface area (Å²) in [4.78, 5) is 26.0. The average Bonchev–Trinajstić information content (AvgIpc) is 2.88. The number of hydrogen-bond acceptors (Lipinski definition) is 2. The number of carboxylic acid groups (broad SMARTS) is 1. The zero-order valence-corrected chi connectivity index (χ0v) is 20.2. The molecule has 5 heteroatoms. The molecule has 0 saturated heterocycles. The van der Waals surface area contributed by atoms with Gasteiger partial charge in [0.2, 0.25) is 5.91 Å². The van der Waals surface area contributed by atoms with Crippen molar-refractivity contribution in [1.82, 2.24) is 4.90 Å². The van der Waals surface area contributed by atoms with Crippen molar-refractivity contribution in [1.29, 1.82) is 0 Å². The van der Waals surface area contributed by atoms with Crippen molar-refractivity contribution >= 4 is 11.9 Å². The second-order valence-corrected chi connectivity index (χ2v) is 8.74. The zero-order chi connectivity index (χ0) is 25.5. The van der Waals surface area contributed by atoms with Crippen LogP contribution in [0.1, 0.15) is 34.8 Å². The molecule has 1 N–H and O–H groups in total. The first-order chi connectivity index (χ1) is 17.4. The van der Waals surface area contributed by atoms with E-state index >= 15 is 0 Å². The van der Waals surface area contributed by atoms with Crippen molar-refractivity contribution in [2.45, 2.75) is 26.3 Å². The van der Waals surface area contributed by atoms with Crippen LogP contribution in [0, 0.1) is 5.82 Å². The number of nitrogens with zero attached hydrogens (tertiary/aromatic N) is 1. The van der Waals surface area contributed by atoms with E-state index in [1.807, 2.05) is 37.3 Å². The van der Waals surface area contributed by atoms with E-state index in [0.717, 1.165) is 23.1 Å². The monoisotopic (exact) mass is 481 g/mol. The molecule has 0 unspecified atom stereocenters. The lowest BCUT2D eigenvalue weighted by atomic mass is 9.95. The largest absolute Gasteiger partial charge is 0.478 e. The molecule has 182 valence electrons. The maximum atomic E-state index is 13.1. The van der Waals surface area contributed by atoms with Crippen LogP contribution >= 0.6 is 0 Å². The first-order valence-electron chi connectivity index (χ1n) is 12.0. The van der Waals surface area contributed by atoms with Crippen LogP contribution in [0.4, 0.5) is 4.39 Å². The second kappa shape index (κ2) is 11.5. The Hall–Kier alpha value is -4.25. The van der Waals surface area contributed by atoms with Gasteiger partial charge in [-0.3, -0.25) is 4.79 Å². The summed E-state index contributed by atoms with van der Waals surface area (Å²) in [6, 6.07) is 29.0. The molecular formula is C31H28FNO3. The van der Waals surface area contributed by atoms with Gasteiger partial charge in [0.15, 0.2) is 0 Å². The van der Waals surface area contributed by atoms with Gasteiger partial charge in [0, 0.05) is 13.1 Å². The van der Waals surface area contributed by atoms with Crippen molar-refractivity contribution < 1.29 is 19.1 Å². The van der Waals surface area contributed by atoms with Crippen LogP contribution in [0.2, 0.25) is 0 Å². The van der Waals surface area contributed by atoms with Crippen LogP contribution in [0.15, 0.2) is 97.1 Å². The lowest BCUT2D eigenvalue weighted by Crippen LogP contribution is -2.32. The van der Waals surface area contributed by atoms with Gasteiger partial charge >= 0.3 is 5.97 Å². The van der Waals surface area contributed by atoms with Gasteiger partial charge in [-0.2, -0.15) is 0 Å². The summed E-state index contributed by atoms with van der Waals surface area (Å²) in [5.41, 5.74) is 6.33. The van der Waals surface area contributed by atoms with Crippen molar-refractivity contribution in [2.24, 2.45) is 0 Å². The van der Waals surface area contributed by atoms with Gasteiger partial charge in [-0.15, -0.1) is 0 Å². The van der Waals surface area contributed by atoms with Crippen molar-refractivity contribution in [3.63, 3.8) is 0 Å². The minimum absolute atomic E-state index is 0.0104. The number of carbonyl (C=O) groups is 2. The SMILES string of the molecule is CCCN(Cc1ccc(-c2ccccc2C(=O)O)cc1)C(=O)Cc1ccc(F)cc1.c1cc2ccc1-2. The van der Waals surface area contributed by atoms with E-state index in [0.29, 0.717) is 18.7 Å². The molecule has 0 radical (unpaired) electrons. The number of rotatable bonds is 8. The molecule has 4 nitrogen and oxygen atoms in total. The van der Waals surface area contributed by atoms with Gasteiger partial charge in [-0.25, -0.2) is 9.18 Å². The fourth-order valence-electron chi connectivity index (χ4n) is 4.04. The highest BCUT2D eigenvalue weighted by Gasteiger charge is 2.15. The molecule has 0 bridgehead atoms. The normalized spacial score (nSPS) is 10.7. The molecule has 0 heterocycles. The molecule has 0 saturated carbocycles. The summed E-state index contributed by atoms with van der Waals surface area (Å²) in [5, 5.41) is 9.39. The van der Waals surface area contributed by atoms with E-state index in [-0.39, 0.29) is 23.7 Å². The standard InChI is InChI=1S/C25H24FNO3.C6H4/c1-2-15-27(24(28)16-18-9-13-21(26)14-10-18)17-19-7-11-20(12-8-19)22-5-3-4-6-23(22)25(29)30;1-2-6-4-3-5(1)6/h3-14H,2,15-17H2,1H3,(H,29,30);1-4H. The number of aromatic carboxylic acids is 1. The molecule has 0 aromatic heterocycles. The van der Waals surface area contributed by atoms with Crippen LogP contribution in [0.3, 0.4) is 0 Å². The predicted octanol–water partition coefficient (Wildman–Crippen LogP) is 6.84. The maximum absolute atomic E-state index is 13.1. The Labute approximate surface area is 210 Å². The third-order valence-corrected chi connectivity index (χ3v) is 6.13. The van der Waals surface area contributed by atoms with Gasteiger partial charge in [-0.05, 0) is 58.0 Å². The molecule has 3 aromatic rings. The third-order valence-electron chi connectivity index (χ3n) is 6.13. The van der Waals surface area contributed by atoms with Gasteiger partial charge < -0.3 is 10.0 Å². The molecule has 0 spiro atoms. The molecule has 0 atom stereocenters. The van der Waals surface area contributed by atoms with E-state index in [1.54, 1.807) is 35.2 Å². The summed E-state index contributed by atoms with van der Waals surface area (Å²) in [6.07, 6.45) is 1.06. The summed E-state index contributed by atoms with van der Waals surface area (Å²) in [5.74, 6) is -1.29. The summed E-state index contributed by atoms with van der Waals surface area (Å²) < 4.78 is 13.1. The Morgan fingerprint density at radius 2 is 1.31 bits per heavy atom. The molecule has 0 aliphatic heterocycles. The molecule has 2 aliphatic carbocycles. The van der Waals surface area contributed by atoms with E-state index in [4.69, 9.17) is 0 Å². The molecule has 36 heavy (non-hydrogen) atoms. The van der Waals surface area contributed by atoms with Crippen LogP contribution < -0.4 is 0 Å². The average molecular weight is 482 g/mol. The third kappa shape index (κ3) is 6.05. The van der Waals surface area contributed by atoms with E-state index in [9.17, 15) is 19.1 Å². The number of benzene rings is 4. The highest BCUT2D eigenvalue weighted by molar-refractivity contribution is 5.96. The van der Waals surface area contributed by atoms with Crippen molar-refractivity contribution in [3.05, 3.63) is 120 Å². The van der Waals surface area contributed by atoms with Crippen molar-refractivity contribution in [3.8, 4) is 22.3 Å². The molecule has 1 amide bonds. The first-order valence-corrected chi connectivity index (χ1v) is 12.0. The summed E-state index contributed by atoms with van der Waals surface area (Å²) >= 11 is 0. The molecule has 3 aromatic carbocycles. The van der Waals surface area contributed by atoms with Crippen LogP contribution in [0.5, 0.6) is 0 Å². The molecular weight excluding hydrogens is 453 g/mol. The quantitative estimate of drug-likeness (QED) is 0.264. The smallest absolute Gasteiger partial charge is 0.336 e. The molecule has 5 rings (SSSR count). The number of fused-ring (bicyclic) bond motifs is 1. The molecule has 2 aliphatic rings. The minimum atomic E-state index is -0.963. The van der Waals surface area contributed by atoms with E-state index in [1.165, 1.54) is 23.3 Å². The maximum Gasteiger partial charge on any atom is 0.336 e. The van der Waals surface area contributed by atoms with E-state index < -0.39 is 5.97 Å². The fraction of sp³-hybridized carbons (Fsp3) is 0.161. The lowest BCUT2D eigenvalue weighted by molar-refractivity contribution is -0.131. The highest BCUT2D eigenvalue weighted by Crippen LogP contribution is 2.29. The van der Waals surface area contributed by atoms with Crippen LogP contribution in [-0.4, -0.2) is 28.4 Å². The van der Waals surface area contributed by atoms with Crippen molar-refractivity contribution in [2.75, 3.05) is 6.54 Å². The summed E-state index contributed by atoms with van der Waals surface area (Å²) in [7, 11) is 0. The number of carbonyl (C=O) groups excluding carboxylic acids is 1. The van der Waals surface area contributed by atoms with Gasteiger partial charge in [0.1, 0.15) is 5.82 Å². The highest BCUT2D eigenvalue weighted by atomic mass is 19.1. The molecule has 0 fully saturated rings. The minimum Gasteiger partial charge on any atom is -0.478 e. The summed E-state index contributed by atoms with van der Waals surface area (Å²) in [6.45, 7) is 3.11. The number of halogens is 1. The Morgan fingerprint density at radius 3 is 1.83 bits per heavy atom. The zero-order valence-electron chi connectivity index (χ0n) is 20.2. The second-order valence-electron chi connectivity index (χ2n) is 8.74. The first kappa shape index (κ1) is 24.9. The van der Waals surface area contributed by atoms with Gasteiger partial charge in [0.05, 0.1) is 12.0 Å². The van der Waals surface area contributed by atoms with Gasteiger partial charge in [0.25, 0.3) is 0 Å². The Morgan fingerprint density at radius 1 is 0.750 bits per heavy atom. The lowest BCUT2D eigenvalue weighted by Gasteiger charge is -2.22. The Kier molecular flexibility index (Phi) is 7.91. The van der Waals surface area contributed by atoms with Crippen LogP contribution in [0.25, 0.3) is 22.3 Å². The number of amides is 1. The van der Waals surface area contributed by atoms with Gasteiger partial charge in [-0.1, -0.05) is 85.8 Å². The fourth-order valence-corrected chi connectivity index (χ4v) is 4.04. The number of carboxylic acids is 1. The van der Waals surface area contributed by atoms with E-state index in [2.05, 4.69) is 24.3 Å². The Bertz CT molecular complexity index is 1310. The topological polar surface area (TPSA) is 57.6 Å². The Balaban J connectivity index is 0.000000434. The predicted molar refractivity (Wildman–Crippen MR) is 140 cm³/mol. The van der Waals surface area contributed by atoms with Crippen LogP contribution in [-0.2, 0) is 17.8 Å². The number of hydrogen-bond donors (Lipinski definition) is 1.